The molecule has 1 aromatic rings. The number of carbonyl (C=O) groups is 1. The van der Waals surface area contributed by atoms with E-state index >= 15 is 0 Å². The highest BCUT2D eigenvalue weighted by Gasteiger charge is 2.07. The van der Waals surface area contributed by atoms with Crippen molar-refractivity contribution in [3.8, 4) is 0 Å². The molecule has 0 atom stereocenters. The van der Waals surface area contributed by atoms with Crippen molar-refractivity contribution >= 4 is 34.1 Å². The van der Waals surface area contributed by atoms with Gasteiger partial charge in [0.15, 0.2) is 4.34 Å². The van der Waals surface area contributed by atoms with Crippen molar-refractivity contribution in [2.24, 2.45) is 0 Å². The van der Waals surface area contributed by atoms with Crippen LogP contribution in [0.25, 0.3) is 0 Å². The summed E-state index contributed by atoms with van der Waals surface area (Å²) in [5, 5.41) is 11.4. The molecule has 20 heavy (non-hydrogen) atoms. The lowest BCUT2D eigenvalue weighted by Crippen LogP contribution is -2.10. The maximum atomic E-state index is 11.7. The summed E-state index contributed by atoms with van der Waals surface area (Å²) in [4.78, 5) is 11.7. The van der Waals surface area contributed by atoms with Crippen molar-refractivity contribution in [3.05, 3.63) is 0 Å². The molecule has 0 unspecified atom stereocenters. The van der Waals surface area contributed by atoms with Crippen LogP contribution in [0.4, 0.5) is 5.13 Å². The molecule has 0 aromatic carbocycles. The van der Waals surface area contributed by atoms with Crippen LogP contribution in [0.1, 0.15) is 65.2 Å². The minimum atomic E-state index is 0.0581. The zero-order chi connectivity index (χ0) is 14.6. The number of aromatic nitrogens is 2. The third-order valence-corrected chi connectivity index (χ3v) is 4.78. The number of nitrogens with zero attached hydrogens (tertiary/aromatic N) is 2. The summed E-state index contributed by atoms with van der Waals surface area (Å²) in [5.74, 6) is 1.03. The molecule has 0 radical (unpaired) electrons. The van der Waals surface area contributed by atoms with Crippen molar-refractivity contribution in [1.82, 2.24) is 10.2 Å². The molecule has 0 saturated carbocycles. The van der Waals surface area contributed by atoms with Crippen LogP contribution in [-0.4, -0.2) is 21.9 Å². The predicted octanol–water partition coefficient (Wildman–Crippen LogP) is 4.73. The topological polar surface area (TPSA) is 54.9 Å². The van der Waals surface area contributed by atoms with Gasteiger partial charge in [0.05, 0.1) is 0 Å². The predicted molar refractivity (Wildman–Crippen MR) is 87.5 cm³/mol. The molecule has 1 N–H and O–H groups in total. The van der Waals surface area contributed by atoms with E-state index in [1.54, 1.807) is 11.8 Å². The summed E-state index contributed by atoms with van der Waals surface area (Å²) >= 11 is 3.10. The molecule has 0 bridgehead atoms. The molecule has 0 aliphatic carbocycles. The van der Waals surface area contributed by atoms with Crippen molar-refractivity contribution < 1.29 is 4.79 Å². The fourth-order valence-corrected chi connectivity index (χ4v) is 3.53. The van der Waals surface area contributed by atoms with Crippen molar-refractivity contribution in [3.63, 3.8) is 0 Å². The molecular formula is C14H25N3OS2. The molecule has 6 heteroatoms. The van der Waals surface area contributed by atoms with Crippen molar-refractivity contribution in [2.45, 2.75) is 69.6 Å². The Morgan fingerprint density at radius 3 is 2.50 bits per heavy atom. The molecule has 1 amide bonds. The Labute approximate surface area is 130 Å². The quantitative estimate of drug-likeness (QED) is 0.364. The zero-order valence-corrected chi connectivity index (χ0v) is 14.1. The lowest BCUT2D eigenvalue weighted by molar-refractivity contribution is -0.116. The fraction of sp³-hybridized carbons (Fsp3) is 0.786. The lowest BCUT2D eigenvalue weighted by Gasteiger charge is -2.01. The highest BCUT2D eigenvalue weighted by Crippen LogP contribution is 2.25. The molecule has 1 aromatic heterocycles. The Bertz CT molecular complexity index is 382. The average Bonchev–Trinajstić information content (AvgIpc) is 2.85. The van der Waals surface area contributed by atoms with E-state index in [0.29, 0.717) is 11.6 Å². The smallest absolute Gasteiger partial charge is 0.226 e. The van der Waals surface area contributed by atoms with Gasteiger partial charge in [-0.1, -0.05) is 75.5 Å². The van der Waals surface area contributed by atoms with Gasteiger partial charge in [-0.3, -0.25) is 4.79 Å². The summed E-state index contributed by atoms with van der Waals surface area (Å²) < 4.78 is 0.915. The van der Waals surface area contributed by atoms with Gasteiger partial charge in [0.2, 0.25) is 11.0 Å². The van der Waals surface area contributed by atoms with E-state index in [4.69, 9.17) is 0 Å². The van der Waals surface area contributed by atoms with Gasteiger partial charge in [0.1, 0.15) is 0 Å². The Morgan fingerprint density at radius 1 is 1.10 bits per heavy atom. The highest BCUT2D eigenvalue weighted by atomic mass is 32.2. The molecule has 1 rings (SSSR count). The van der Waals surface area contributed by atoms with Gasteiger partial charge in [-0.15, -0.1) is 10.2 Å². The van der Waals surface area contributed by atoms with E-state index in [0.717, 1.165) is 22.9 Å². The summed E-state index contributed by atoms with van der Waals surface area (Å²) in [5.41, 5.74) is 0. The maximum Gasteiger partial charge on any atom is 0.226 e. The van der Waals surface area contributed by atoms with E-state index in [-0.39, 0.29) is 5.91 Å². The fourth-order valence-electron chi connectivity index (χ4n) is 1.87. The standard InChI is InChI=1S/C14H25N3OS2/c1-3-5-6-7-8-9-10-11-12(18)15-13-16-17-14(20-13)19-4-2/h3-11H2,1-2H3,(H,15,16,18). The van der Waals surface area contributed by atoms with Crippen LogP contribution in [0, 0.1) is 0 Å². The van der Waals surface area contributed by atoms with Crippen molar-refractivity contribution in [2.75, 3.05) is 11.1 Å². The zero-order valence-electron chi connectivity index (χ0n) is 12.5. The SMILES string of the molecule is CCCCCCCCCC(=O)Nc1nnc(SCC)s1. The number of thioether (sulfide) groups is 1. The minimum Gasteiger partial charge on any atom is -0.301 e. The molecule has 0 aliphatic rings. The van der Waals surface area contributed by atoms with Gasteiger partial charge in [-0.25, -0.2) is 0 Å². The van der Waals surface area contributed by atoms with E-state index in [1.165, 1.54) is 43.4 Å². The van der Waals surface area contributed by atoms with E-state index in [2.05, 4.69) is 29.4 Å². The highest BCUT2D eigenvalue weighted by molar-refractivity contribution is 8.01. The maximum absolute atomic E-state index is 11.7. The number of anilines is 1. The number of carbonyl (C=O) groups excluding carboxylic acids is 1. The van der Waals surface area contributed by atoms with Crippen LogP contribution >= 0.6 is 23.1 Å². The number of hydrogen-bond donors (Lipinski definition) is 1. The first kappa shape index (κ1) is 17.4. The van der Waals surface area contributed by atoms with Crippen LogP contribution in [0.3, 0.4) is 0 Å². The van der Waals surface area contributed by atoms with E-state index in [9.17, 15) is 4.79 Å². The van der Waals surface area contributed by atoms with Crippen LogP contribution < -0.4 is 5.32 Å². The molecule has 0 spiro atoms. The van der Waals surface area contributed by atoms with Crippen LogP contribution in [0.2, 0.25) is 0 Å². The second-order valence-corrected chi connectivity index (χ2v) is 7.21. The third kappa shape index (κ3) is 7.85. The molecule has 1 heterocycles. The number of hydrogen-bond acceptors (Lipinski definition) is 5. The third-order valence-electron chi connectivity index (χ3n) is 2.93. The molecule has 0 fully saturated rings. The van der Waals surface area contributed by atoms with Gasteiger partial charge in [0, 0.05) is 6.42 Å². The largest absolute Gasteiger partial charge is 0.301 e. The first-order valence-corrected chi connectivity index (χ1v) is 9.32. The summed E-state index contributed by atoms with van der Waals surface area (Å²) in [7, 11) is 0. The Morgan fingerprint density at radius 2 is 1.80 bits per heavy atom. The summed E-state index contributed by atoms with van der Waals surface area (Å²) in [6.07, 6.45) is 9.16. The average molecular weight is 316 g/mol. The second kappa shape index (κ2) is 11.1. The van der Waals surface area contributed by atoms with Crippen LogP contribution in [0.15, 0.2) is 4.34 Å². The van der Waals surface area contributed by atoms with E-state index in [1.807, 2.05) is 0 Å². The number of amides is 1. The molecule has 0 saturated heterocycles. The lowest BCUT2D eigenvalue weighted by atomic mass is 10.1. The minimum absolute atomic E-state index is 0.0581. The Hall–Kier alpha value is -0.620. The van der Waals surface area contributed by atoms with Crippen molar-refractivity contribution in [1.29, 1.82) is 0 Å². The van der Waals surface area contributed by atoms with Gasteiger partial charge < -0.3 is 5.32 Å². The molecular weight excluding hydrogens is 290 g/mol. The first-order valence-electron chi connectivity index (χ1n) is 7.52. The number of unbranched alkanes of at least 4 members (excludes halogenated alkanes) is 6. The van der Waals surface area contributed by atoms with Gasteiger partial charge in [0.25, 0.3) is 0 Å². The molecule has 114 valence electrons. The second-order valence-electron chi connectivity index (χ2n) is 4.73. The summed E-state index contributed by atoms with van der Waals surface area (Å²) in [6.45, 7) is 4.30. The number of rotatable bonds is 11. The first-order chi connectivity index (χ1) is 9.76. The molecule has 0 aliphatic heterocycles. The number of nitrogens with one attached hydrogen (secondary N) is 1. The van der Waals surface area contributed by atoms with Gasteiger partial charge in [-0.05, 0) is 12.2 Å². The van der Waals surface area contributed by atoms with Gasteiger partial charge in [-0.2, -0.15) is 0 Å². The molecule has 4 nitrogen and oxygen atoms in total. The van der Waals surface area contributed by atoms with Crippen LogP contribution in [0.5, 0.6) is 0 Å². The normalized spacial score (nSPS) is 10.7. The Balaban J connectivity index is 2.07. The monoisotopic (exact) mass is 315 g/mol. The van der Waals surface area contributed by atoms with Gasteiger partial charge >= 0.3 is 0 Å². The Kier molecular flexibility index (Phi) is 9.66. The van der Waals surface area contributed by atoms with E-state index < -0.39 is 0 Å². The van der Waals surface area contributed by atoms with Crippen LogP contribution in [-0.2, 0) is 4.79 Å². The summed E-state index contributed by atoms with van der Waals surface area (Å²) in [6, 6.07) is 0.